The van der Waals surface area contributed by atoms with Crippen LogP contribution in [0.3, 0.4) is 0 Å². The second kappa shape index (κ2) is 7.61. The monoisotopic (exact) mass is 341 g/mol. The first kappa shape index (κ1) is 16.7. The second-order valence-corrected chi connectivity index (χ2v) is 5.54. The molecule has 0 aliphatic carbocycles. The maximum Gasteiger partial charge on any atom is 0.337 e. The summed E-state index contributed by atoms with van der Waals surface area (Å²) < 4.78 is 4.69. The van der Waals surface area contributed by atoms with Crippen LogP contribution in [0.25, 0.3) is 0 Å². The maximum atomic E-state index is 12.4. The summed E-state index contributed by atoms with van der Waals surface area (Å²) in [6.07, 6.45) is 5.01. The summed E-state index contributed by atoms with van der Waals surface area (Å²) in [5.74, 6) is 0.377. The lowest BCUT2D eigenvalue weighted by molar-refractivity contribution is 0.0600. The number of piperazine rings is 1. The zero-order valence-corrected chi connectivity index (χ0v) is 13.9. The molecule has 1 aromatic carbocycles. The van der Waals surface area contributed by atoms with E-state index in [-0.39, 0.29) is 6.03 Å². The highest BCUT2D eigenvalue weighted by atomic mass is 16.5. The number of anilines is 2. The van der Waals surface area contributed by atoms with Gasteiger partial charge in [0.1, 0.15) is 5.82 Å². The van der Waals surface area contributed by atoms with E-state index in [1.54, 1.807) is 47.8 Å². The number of esters is 1. The number of amides is 2. The molecule has 1 aromatic heterocycles. The Morgan fingerprint density at radius 2 is 1.96 bits per heavy atom. The molecule has 8 nitrogen and oxygen atoms in total. The molecule has 3 rings (SSSR count). The van der Waals surface area contributed by atoms with E-state index in [0.717, 1.165) is 5.82 Å². The van der Waals surface area contributed by atoms with E-state index in [9.17, 15) is 9.59 Å². The average Bonchev–Trinajstić information content (AvgIpc) is 2.68. The number of benzene rings is 1. The van der Waals surface area contributed by atoms with Gasteiger partial charge in [-0.3, -0.25) is 4.98 Å². The van der Waals surface area contributed by atoms with Crippen LogP contribution in [-0.2, 0) is 4.74 Å². The van der Waals surface area contributed by atoms with Gasteiger partial charge in [-0.15, -0.1) is 0 Å². The minimum atomic E-state index is -0.436. The number of carbonyl (C=O) groups excluding carboxylic acids is 2. The summed E-state index contributed by atoms with van der Waals surface area (Å²) in [4.78, 5) is 36.1. The molecule has 130 valence electrons. The van der Waals surface area contributed by atoms with Crippen LogP contribution in [0.2, 0.25) is 0 Å². The molecule has 0 unspecified atom stereocenters. The van der Waals surface area contributed by atoms with Crippen LogP contribution < -0.4 is 10.2 Å². The van der Waals surface area contributed by atoms with Crippen molar-refractivity contribution in [1.29, 1.82) is 0 Å². The van der Waals surface area contributed by atoms with Gasteiger partial charge >= 0.3 is 12.0 Å². The first-order valence-electron chi connectivity index (χ1n) is 7.92. The zero-order valence-electron chi connectivity index (χ0n) is 13.9. The summed E-state index contributed by atoms with van der Waals surface area (Å²) >= 11 is 0. The fraction of sp³-hybridized carbons (Fsp3) is 0.294. The predicted octanol–water partition coefficient (Wildman–Crippen LogP) is 1.62. The highest BCUT2D eigenvalue weighted by Gasteiger charge is 2.22. The number of carbonyl (C=O) groups is 2. The highest BCUT2D eigenvalue weighted by molar-refractivity contribution is 5.94. The van der Waals surface area contributed by atoms with E-state index >= 15 is 0 Å². The smallest absolute Gasteiger partial charge is 0.337 e. The van der Waals surface area contributed by atoms with Crippen molar-refractivity contribution in [2.45, 2.75) is 0 Å². The number of nitrogens with zero attached hydrogens (tertiary/aromatic N) is 4. The molecule has 2 aromatic rings. The number of hydrogen-bond acceptors (Lipinski definition) is 6. The van der Waals surface area contributed by atoms with Crippen molar-refractivity contribution in [2.75, 3.05) is 43.5 Å². The lowest BCUT2D eigenvalue weighted by atomic mass is 10.2. The van der Waals surface area contributed by atoms with Gasteiger partial charge in [0.15, 0.2) is 0 Å². The van der Waals surface area contributed by atoms with Crippen molar-refractivity contribution in [1.82, 2.24) is 14.9 Å². The molecular weight excluding hydrogens is 322 g/mol. The Morgan fingerprint density at radius 1 is 1.16 bits per heavy atom. The van der Waals surface area contributed by atoms with Crippen molar-refractivity contribution in [3.05, 3.63) is 48.4 Å². The van der Waals surface area contributed by atoms with Gasteiger partial charge in [-0.2, -0.15) is 0 Å². The number of urea groups is 1. The maximum absolute atomic E-state index is 12.4. The third-order valence-corrected chi connectivity index (χ3v) is 3.98. The molecule has 1 fully saturated rings. The average molecular weight is 341 g/mol. The SMILES string of the molecule is COC(=O)c1cccc(NC(=O)N2CCN(c3cnccn3)CC2)c1. The number of nitrogens with one attached hydrogen (secondary N) is 1. The van der Waals surface area contributed by atoms with Crippen molar-refractivity contribution in [3.8, 4) is 0 Å². The molecule has 1 saturated heterocycles. The zero-order chi connectivity index (χ0) is 17.6. The molecule has 8 heteroatoms. The molecule has 1 aliphatic heterocycles. The van der Waals surface area contributed by atoms with Crippen molar-refractivity contribution >= 4 is 23.5 Å². The highest BCUT2D eigenvalue weighted by Crippen LogP contribution is 2.15. The van der Waals surface area contributed by atoms with E-state index in [2.05, 4.69) is 24.9 Å². The topological polar surface area (TPSA) is 87.7 Å². The number of hydrogen-bond donors (Lipinski definition) is 1. The number of methoxy groups -OCH3 is 1. The molecule has 2 heterocycles. The van der Waals surface area contributed by atoms with Crippen molar-refractivity contribution < 1.29 is 14.3 Å². The van der Waals surface area contributed by atoms with E-state index < -0.39 is 5.97 Å². The molecule has 0 atom stereocenters. The first-order chi connectivity index (χ1) is 12.2. The molecule has 0 bridgehead atoms. The molecule has 0 saturated carbocycles. The summed E-state index contributed by atoms with van der Waals surface area (Å²) in [5, 5.41) is 2.82. The lowest BCUT2D eigenvalue weighted by Gasteiger charge is -2.35. The predicted molar refractivity (Wildman–Crippen MR) is 92.6 cm³/mol. The van der Waals surface area contributed by atoms with Gasteiger partial charge in [0.25, 0.3) is 0 Å². The van der Waals surface area contributed by atoms with Crippen LogP contribution in [-0.4, -0.2) is 60.2 Å². The van der Waals surface area contributed by atoms with Gasteiger partial charge in [-0.25, -0.2) is 14.6 Å². The molecule has 1 N–H and O–H groups in total. The van der Waals surface area contributed by atoms with Crippen LogP contribution in [0.4, 0.5) is 16.3 Å². The molecule has 0 radical (unpaired) electrons. The lowest BCUT2D eigenvalue weighted by Crippen LogP contribution is -2.50. The third-order valence-electron chi connectivity index (χ3n) is 3.98. The normalized spacial score (nSPS) is 14.1. The summed E-state index contributed by atoms with van der Waals surface area (Å²) in [7, 11) is 1.32. The Kier molecular flexibility index (Phi) is 5.08. The molecule has 25 heavy (non-hydrogen) atoms. The van der Waals surface area contributed by atoms with Gasteiger partial charge in [-0.05, 0) is 18.2 Å². The van der Waals surface area contributed by atoms with Crippen LogP contribution in [0.15, 0.2) is 42.9 Å². The molecule has 1 aliphatic rings. The summed E-state index contributed by atoms with van der Waals surface area (Å²) in [5.41, 5.74) is 0.956. The van der Waals surface area contributed by atoms with Crippen LogP contribution >= 0.6 is 0 Å². The van der Waals surface area contributed by atoms with Gasteiger partial charge < -0.3 is 19.9 Å². The van der Waals surface area contributed by atoms with E-state index in [1.165, 1.54) is 7.11 Å². The first-order valence-corrected chi connectivity index (χ1v) is 7.92. The summed E-state index contributed by atoms with van der Waals surface area (Å²) in [6, 6.07) is 6.48. The Balaban J connectivity index is 1.57. The van der Waals surface area contributed by atoms with Crippen molar-refractivity contribution in [2.24, 2.45) is 0 Å². The Bertz CT molecular complexity index is 745. The van der Waals surface area contributed by atoms with E-state index in [4.69, 9.17) is 0 Å². The number of aromatic nitrogens is 2. The standard InChI is InChI=1S/C17H19N5O3/c1-25-16(23)13-3-2-4-14(11-13)20-17(24)22-9-7-21(8-10-22)15-12-18-5-6-19-15/h2-6,11-12H,7-10H2,1H3,(H,20,24). The van der Waals surface area contributed by atoms with Gasteiger partial charge in [0, 0.05) is 44.3 Å². The quantitative estimate of drug-likeness (QED) is 0.854. The third kappa shape index (κ3) is 4.03. The van der Waals surface area contributed by atoms with Crippen LogP contribution in [0.1, 0.15) is 10.4 Å². The molecular formula is C17H19N5O3. The molecule has 2 amide bonds. The largest absolute Gasteiger partial charge is 0.465 e. The Hall–Kier alpha value is -3.16. The number of ether oxygens (including phenoxy) is 1. The minimum absolute atomic E-state index is 0.194. The second-order valence-electron chi connectivity index (χ2n) is 5.54. The van der Waals surface area contributed by atoms with Gasteiger partial charge in [-0.1, -0.05) is 6.07 Å². The Morgan fingerprint density at radius 3 is 2.64 bits per heavy atom. The minimum Gasteiger partial charge on any atom is -0.465 e. The van der Waals surface area contributed by atoms with E-state index in [0.29, 0.717) is 37.4 Å². The fourth-order valence-electron chi connectivity index (χ4n) is 2.64. The van der Waals surface area contributed by atoms with Crippen molar-refractivity contribution in [3.63, 3.8) is 0 Å². The number of rotatable bonds is 3. The Labute approximate surface area is 145 Å². The fourth-order valence-corrected chi connectivity index (χ4v) is 2.64. The van der Waals surface area contributed by atoms with Crippen LogP contribution in [0, 0.1) is 0 Å². The van der Waals surface area contributed by atoms with E-state index in [1.807, 2.05) is 0 Å². The van der Waals surface area contributed by atoms with Gasteiger partial charge in [0.05, 0.1) is 18.9 Å². The van der Waals surface area contributed by atoms with Crippen LogP contribution in [0.5, 0.6) is 0 Å². The molecule has 0 spiro atoms. The van der Waals surface area contributed by atoms with Gasteiger partial charge in [0.2, 0.25) is 0 Å². The summed E-state index contributed by atoms with van der Waals surface area (Å²) in [6.45, 7) is 2.54.